The summed E-state index contributed by atoms with van der Waals surface area (Å²) in [6, 6.07) is 9.08. The molecule has 0 radical (unpaired) electrons. The number of hydrogen-bond acceptors (Lipinski definition) is 4. The third kappa shape index (κ3) is 4.46. The lowest BCUT2D eigenvalue weighted by Gasteiger charge is -2.31. The molecule has 1 atom stereocenters. The molecule has 0 saturated carbocycles. The van der Waals surface area contributed by atoms with Crippen molar-refractivity contribution in [3.8, 4) is 11.8 Å². The highest BCUT2D eigenvalue weighted by atomic mass is 16.5. The second-order valence-corrected chi connectivity index (χ2v) is 7.23. The first-order chi connectivity index (χ1) is 13.1. The SMILES string of the molecule is CCCOc1ccc(N2C(=O)C[C@H]([NH+]3CC[NH+](CCC#N)CC3)C2=O)cc1. The van der Waals surface area contributed by atoms with Crippen molar-refractivity contribution >= 4 is 17.5 Å². The predicted molar refractivity (Wildman–Crippen MR) is 99.6 cm³/mol. The van der Waals surface area contributed by atoms with Crippen LogP contribution in [-0.2, 0) is 9.59 Å². The van der Waals surface area contributed by atoms with E-state index in [1.54, 1.807) is 12.1 Å². The number of amides is 2. The second kappa shape index (κ2) is 8.98. The number of ether oxygens (including phenoxy) is 1. The fourth-order valence-corrected chi connectivity index (χ4v) is 3.89. The summed E-state index contributed by atoms with van der Waals surface area (Å²) in [6.07, 6.45) is 1.77. The number of anilines is 1. The maximum Gasteiger partial charge on any atom is 0.292 e. The van der Waals surface area contributed by atoms with Crippen molar-refractivity contribution in [3.63, 3.8) is 0 Å². The molecule has 0 aromatic heterocycles. The first-order valence-electron chi connectivity index (χ1n) is 9.78. The topological polar surface area (TPSA) is 79.3 Å². The molecular weight excluding hydrogens is 344 g/mol. The number of carbonyl (C=O) groups is 2. The van der Waals surface area contributed by atoms with Crippen molar-refractivity contribution < 1.29 is 24.1 Å². The second-order valence-electron chi connectivity index (χ2n) is 7.23. The van der Waals surface area contributed by atoms with E-state index in [9.17, 15) is 9.59 Å². The molecule has 2 amide bonds. The normalized spacial score (nSPS) is 25.5. The number of nitrogens with zero attached hydrogens (tertiary/aromatic N) is 2. The first-order valence-corrected chi connectivity index (χ1v) is 9.78. The lowest BCUT2D eigenvalue weighted by atomic mass is 10.1. The van der Waals surface area contributed by atoms with E-state index >= 15 is 0 Å². The molecule has 0 aliphatic carbocycles. The van der Waals surface area contributed by atoms with Gasteiger partial charge in [-0.2, -0.15) is 5.26 Å². The Morgan fingerprint density at radius 3 is 2.52 bits per heavy atom. The van der Waals surface area contributed by atoms with Crippen molar-refractivity contribution in [2.24, 2.45) is 0 Å². The Bertz CT molecular complexity index is 705. The van der Waals surface area contributed by atoms with Gasteiger partial charge in [-0.05, 0) is 30.7 Å². The van der Waals surface area contributed by atoms with E-state index in [4.69, 9.17) is 10.00 Å². The van der Waals surface area contributed by atoms with Gasteiger partial charge in [0.15, 0.2) is 6.04 Å². The van der Waals surface area contributed by atoms with Gasteiger partial charge in [0.25, 0.3) is 5.91 Å². The third-order valence-corrected chi connectivity index (χ3v) is 5.40. The van der Waals surface area contributed by atoms with Gasteiger partial charge in [0.2, 0.25) is 5.91 Å². The zero-order chi connectivity index (χ0) is 19.2. The summed E-state index contributed by atoms with van der Waals surface area (Å²) in [5, 5.41) is 8.72. The summed E-state index contributed by atoms with van der Waals surface area (Å²) < 4.78 is 5.57. The average molecular weight is 372 g/mol. The van der Waals surface area contributed by atoms with E-state index in [0.29, 0.717) is 18.7 Å². The molecule has 7 nitrogen and oxygen atoms in total. The number of carbonyl (C=O) groups excluding carboxylic acids is 2. The molecule has 2 aliphatic heterocycles. The van der Waals surface area contributed by atoms with Gasteiger partial charge in [0.05, 0.1) is 37.7 Å². The maximum absolute atomic E-state index is 12.9. The number of nitriles is 1. The van der Waals surface area contributed by atoms with E-state index in [0.717, 1.165) is 44.9 Å². The highest BCUT2D eigenvalue weighted by molar-refractivity contribution is 6.21. The van der Waals surface area contributed by atoms with E-state index in [2.05, 4.69) is 6.07 Å². The standard InChI is InChI=1S/C20H26N4O3/c1-2-14-27-17-6-4-16(5-7-17)24-19(25)15-18(20(24)26)23-12-10-22(11-13-23)9-3-8-21/h4-7,18H,2-3,9-15H2,1H3/p+2/t18-/m0/s1. The summed E-state index contributed by atoms with van der Waals surface area (Å²) in [4.78, 5) is 29.4. The number of benzene rings is 1. The monoisotopic (exact) mass is 372 g/mol. The molecule has 3 rings (SSSR count). The smallest absolute Gasteiger partial charge is 0.292 e. The molecule has 27 heavy (non-hydrogen) atoms. The predicted octanol–water partition coefficient (Wildman–Crippen LogP) is -1.20. The number of imide groups is 1. The molecule has 1 aromatic carbocycles. The molecular formula is C20H28N4O3+2. The molecule has 1 aromatic rings. The molecule has 7 heteroatoms. The summed E-state index contributed by atoms with van der Waals surface area (Å²) in [7, 11) is 0. The Kier molecular flexibility index (Phi) is 6.43. The Morgan fingerprint density at radius 1 is 1.19 bits per heavy atom. The van der Waals surface area contributed by atoms with Crippen LogP contribution in [0, 0.1) is 11.3 Å². The summed E-state index contributed by atoms with van der Waals surface area (Å²) >= 11 is 0. The lowest BCUT2D eigenvalue weighted by molar-refractivity contribution is -1.02. The Hall–Kier alpha value is -2.43. The van der Waals surface area contributed by atoms with Crippen molar-refractivity contribution in [2.45, 2.75) is 32.2 Å². The van der Waals surface area contributed by atoms with Crippen molar-refractivity contribution in [1.29, 1.82) is 5.26 Å². The van der Waals surface area contributed by atoms with Crippen LogP contribution in [0.1, 0.15) is 26.2 Å². The highest BCUT2D eigenvalue weighted by Crippen LogP contribution is 2.24. The van der Waals surface area contributed by atoms with E-state index in [1.165, 1.54) is 14.7 Å². The van der Waals surface area contributed by atoms with E-state index in [1.807, 2.05) is 19.1 Å². The number of rotatable bonds is 7. The largest absolute Gasteiger partial charge is 0.494 e. The first kappa shape index (κ1) is 19.3. The van der Waals surface area contributed by atoms with Crippen LogP contribution in [0.25, 0.3) is 0 Å². The molecule has 2 heterocycles. The van der Waals surface area contributed by atoms with Crippen LogP contribution in [0.3, 0.4) is 0 Å². The molecule has 144 valence electrons. The lowest BCUT2D eigenvalue weighted by Crippen LogP contribution is -3.30. The van der Waals surface area contributed by atoms with Gasteiger partial charge in [-0.3, -0.25) is 9.59 Å². The van der Waals surface area contributed by atoms with Crippen LogP contribution < -0.4 is 19.4 Å². The Morgan fingerprint density at radius 2 is 1.89 bits per heavy atom. The zero-order valence-corrected chi connectivity index (χ0v) is 15.9. The summed E-state index contributed by atoms with van der Waals surface area (Å²) in [6.45, 7) is 7.17. The minimum Gasteiger partial charge on any atom is -0.494 e. The number of nitrogens with one attached hydrogen (secondary N) is 2. The zero-order valence-electron chi connectivity index (χ0n) is 15.9. The molecule has 0 unspecified atom stereocenters. The Labute approximate surface area is 160 Å². The Balaban J connectivity index is 1.61. The van der Waals surface area contributed by atoms with Gasteiger partial charge in [-0.15, -0.1) is 0 Å². The van der Waals surface area contributed by atoms with Crippen molar-refractivity contribution in [1.82, 2.24) is 0 Å². The van der Waals surface area contributed by atoms with Crippen molar-refractivity contribution in [2.75, 3.05) is 44.2 Å². The minimum absolute atomic E-state index is 0.0994. The highest BCUT2D eigenvalue weighted by Gasteiger charge is 2.46. The maximum atomic E-state index is 12.9. The van der Waals surface area contributed by atoms with Gasteiger partial charge in [-0.1, -0.05) is 6.92 Å². The van der Waals surface area contributed by atoms with Crippen LogP contribution in [0.5, 0.6) is 5.75 Å². The molecule has 2 N–H and O–H groups in total. The van der Waals surface area contributed by atoms with Gasteiger partial charge < -0.3 is 14.5 Å². The fraction of sp³-hybridized carbons (Fsp3) is 0.550. The van der Waals surface area contributed by atoms with Gasteiger partial charge >= 0.3 is 0 Å². The van der Waals surface area contributed by atoms with Crippen LogP contribution in [-0.4, -0.2) is 57.2 Å². The van der Waals surface area contributed by atoms with Crippen LogP contribution >= 0.6 is 0 Å². The van der Waals surface area contributed by atoms with E-state index < -0.39 is 0 Å². The van der Waals surface area contributed by atoms with Crippen LogP contribution in [0.15, 0.2) is 24.3 Å². The van der Waals surface area contributed by atoms with Crippen LogP contribution in [0.2, 0.25) is 0 Å². The van der Waals surface area contributed by atoms with Gasteiger partial charge in [0, 0.05) is 0 Å². The summed E-state index contributed by atoms with van der Waals surface area (Å²) in [5.41, 5.74) is 0.619. The van der Waals surface area contributed by atoms with Gasteiger partial charge in [0.1, 0.15) is 31.9 Å². The third-order valence-electron chi connectivity index (χ3n) is 5.40. The summed E-state index contributed by atoms with van der Waals surface area (Å²) in [5.74, 6) is 0.523. The molecule has 2 fully saturated rings. The van der Waals surface area contributed by atoms with E-state index in [-0.39, 0.29) is 24.3 Å². The van der Waals surface area contributed by atoms with Gasteiger partial charge in [-0.25, -0.2) is 4.90 Å². The molecule has 2 aliphatic rings. The number of piperazine rings is 1. The number of hydrogen-bond donors (Lipinski definition) is 2. The van der Waals surface area contributed by atoms with Crippen LogP contribution in [0.4, 0.5) is 5.69 Å². The number of quaternary nitrogens is 2. The quantitative estimate of drug-likeness (QED) is 0.590. The minimum atomic E-state index is -0.286. The fourth-order valence-electron chi connectivity index (χ4n) is 3.89. The molecule has 0 spiro atoms. The molecule has 0 bridgehead atoms. The molecule has 2 saturated heterocycles. The average Bonchev–Trinajstić information content (AvgIpc) is 3.00. The van der Waals surface area contributed by atoms with Crippen molar-refractivity contribution in [3.05, 3.63) is 24.3 Å².